The Balaban J connectivity index is 1.74. The molecule has 7 nitrogen and oxygen atoms in total. The third-order valence-corrected chi connectivity index (χ3v) is 5.15. The van der Waals surface area contributed by atoms with Crippen LogP contribution in [0, 0.1) is 12.3 Å². The van der Waals surface area contributed by atoms with Gasteiger partial charge in [-0.2, -0.15) is 0 Å². The molecule has 1 aromatic carbocycles. The summed E-state index contributed by atoms with van der Waals surface area (Å²) in [5, 5.41) is 7.85. The van der Waals surface area contributed by atoms with Crippen LogP contribution in [0.2, 0.25) is 0 Å². The van der Waals surface area contributed by atoms with Crippen LogP contribution in [-0.2, 0) is 21.7 Å². The predicted molar refractivity (Wildman–Crippen MR) is 116 cm³/mol. The molecule has 3 rings (SSSR count). The highest BCUT2D eigenvalue weighted by atomic mass is 32.2. The quantitative estimate of drug-likeness (QED) is 0.437. The lowest BCUT2D eigenvalue weighted by atomic mass is 10.0. The fourth-order valence-electron chi connectivity index (χ4n) is 2.84. The Morgan fingerprint density at radius 1 is 1.37 bits per heavy atom. The van der Waals surface area contributed by atoms with Gasteiger partial charge in [-0.25, -0.2) is 0 Å². The summed E-state index contributed by atoms with van der Waals surface area (Å²) in [4.78, 5) is 17.2. The Morgan fingerprint density at radius 2 is 2.17 bits per heavy atom. The lowest BCUT2D eigenvalue weighted by Crippen LogP contribution is -2.46. The molecule has 8 heteroatoms. The van der Waals surface area contributed by atoms with E-state index in [0.717, 1.165) is 10.9 Å². The molecule has 1 amide bonds. The highest BCUT2D eigenvalue weighted by Crippen LogP contribution is 2.25. The van der Waals surface area contributed by atoms with Gasteiger partial charge in [0.05, 0.1) is 11.1 Å². The van der Waals surface area contributed by atoms with Crippen molar-refractivity contribution in [2.75, 3.05) is 13.4 Å². The molecule has 1 atom stereocenters. The largest absolute Gasteiger partial charge is 0.470 e. The van der Waals surface area contributed by atoms with E-state index in [4.69, 9.17) is 20.4 Å². The molecule has 0 spiro atoms. The van der Waals surface area contributed by atoms with Gasteiger partial charge in [-0.15, -0.1) is 18.2 Å². The number of methoxy groups -OCH3 is 1. The minimum absolute atomic E-state index is 0.278. The molecule has 0 saturated carbocycles. The standard InChI is InChI=1S/C22H23N3O4S/c1-6-14-9-15-10-16(7-8-18(15)23-12-14)28-21(30-5)20(26)24-22(2,3)19-11-17(13-27-4)29-25-19/h1,7-12,21H,13H2,2-5H3,(H,24,26). The molecule has 0 aliphatic carbocycles. The summed E-state index contributed by atoms with van der Waals surface area (Å²) in [6.45, 7) is 4.01. The maximum Gasteiger partial charge on any atom is 0.272 e. The van der Waals surface area contributed by atoms with Gasteiger partial charge in [0.1, 0.15) is 18.1 Å². The summed E-state index contributed by atoms with van der Waals surface area (Å²) in [7, 11) is 1.58. The summed E-state index contributed by atoms with van der Waals surface area (Å²) in [5.74, 6) is 3.43. The number of ether oxygens (including phenoxy) is 2. The molecule has 2 aromatic heterocycles. The van der Waals surface area contributed by atoms with Crippen LogP contribution < -0.4 is 10.1 Å². The number of terminal acetylenes is 1. The Kier molecular flexibility index (Phi) is 6.65. The first-order valence-electron chi connectivity index (χ1n) is 9.19. The molecule has 0 fully saturated rings. The smallest absolute Gasteiger partial charge is 0.272 e. The Morgan fingerprint density at radius 3 is 2.87 bits per heavy atom. The number of carbonyl (C=O) groups excluding carboxylic acids is 1. The van der Waals surface area contributed by atoms with E-state index < -0.39 is 11.0 Å². The molecule has 156 valence electrons. The van der Waals surface area contributed by atoms with Crippen molar-refractivity contribution in [3.63, 3.8) is 0 Å². The SMILES string of the molecule is C#Cc1cnc2ccc(OC(SC)C(=O)NC(C)(C)c3cc(COC)on3)cc2c1. The van der Waals surface area contributed by atoms with Crippen molar-refractivity contribution < 1.29 is 18.8 Å². The second kappa shape index (κ2) is 9.20. The molecule has 0 bridgehead atoms. The number of aromatic nitrogens is 2. The van der Waals surface area contributed by atoms with Crippen LogP contribution in [0.4, 0.5) is 0 Å². The zero-order valence-electron chi connectivity index (χ0n) is 17.3. The third-order valence-electron chi connectivity index (χ3n) is 4.41. The number of carbonyl (C=O) groups is 1. The Bertz CT molecular complexity index is 1090. The van der Waals surface area contributed by atoms with Gasteiger partial charge in [-0.3, -0.25) is 9.78 Å². The Labute approximate surface area is 179 Å². The van der Waals surface area contributed by atoms with E-state index in [1.165, 1.54) is 11.8 Å². The second-order valence-electron chi connectivity index (χ2n) is 7.13. The number of fused-ring (bicyclic) bond motifs is 1. The molecule has 1 N–H and O–H groups in total. The maximum absolute atomic E-state index is 12.9. The molecule has 0 radical (unpaired) electrons. The zero-order chi connectivity index (χ0) is 21.7. The van der Waals surface area contributed by atoms with Crippen molar-refractivity contribution in [2.45, 2.75) is 31.4 Å². The van der Waals surface area contributed by atoms with E-state index in [2.05, 4.69) is 21.4 Å². The molecule has 1 unspecified atom stereocenters. The van der Waals surface area contributed by atoms with E-state index in [9.17, 15) is 4.79 Å². The first kappa shape index (κ1) is 21.7. The van der Waals surface area contributed by atoms with Gasteiger partial charge in [0.25, 0.3) is 5.91 Å². The van der Waals surface area contributed by atoms with E-state index in [-0.39, 0.29) is 5.91 Å². The number of nitrogens with one attached hydrogen (secondary N) is 1. The number of nitrogens with zero attached hydrogens (tertiary/aromatic N) is 2. The highest BCUT2D eigenvalue weighted by Gasteiger charge is 2.31. The first-order valence-corrected chi connectivity index (χ1v) is 10.5. The van der Waals surface area contributed by atoms with Gasteiger partial charge < -0.3 is 19.3 Å². The van der Waals surface area contributed by atoms with Crippen LogP contribution in [0.25, 0.3) is 10.9 Å². The molecule has 2 heterocycles. The lowest BCUT2D eigenvalue weighted by molar-refractivity contribution is -0.126. The van der Waals surface area contributed by atoms with Crippen molar-refractivity contribution in [3.05, 3.63) is 53.5 Å². The van der Waals surface area contributed by atoms with E-state index in [1.807, 2.05) is 38.3 Å². The van der Waals surface area contributed by atoms with Crippen molar-refractivity contribution in [1.29, 1.82) is 0 Å². The van der Waals surface area contributed by atoms with Gasteiger partial charge in [0, 0.05) is 30.3 Å². The fraction of sp³-hybridized carbons (Fsp3) is 0.318. The van der Waals surface area contributed by atoms with Gasteiger partial charge in [0.2, 0.25) is 5.44 Å². The molecule has 30 heavy (non-hydrogen) atoms. The first-order chi connectivity index (χ1) is 14.4. The van der Waals surface area contributed by atoms with Crippen LogP contribution in [-0.4, -0.2) is 34.8 Å². The van der Waals surface area contributed by atoms with Crippen LogP contribution >= 0.6 is 11.8 Å². The number of hydrogen-bond acceptors (Lipinski definition) is 7. The average molecular weight is 426 g/mol. The summed E-state index contributed by atoms with van der Waals surface area (Å²) in [6.07, 6.45) is 8.90. The van der Waals surface area contributed by atoms with Crippen LogP contribution in [0.1, 0.15) is 30.9 Å². The number of rotatable bonds is 8. The predicted octanol–water partition coefficient (Wildman–Crippen LogP) is 3.47. The number of pyridine rings is 1. The van der Waals surface area contributed by atoms with Gasteiger partial charge in [0.15, 0.2) is 5.76 Å². The fourth-order valence-corrected chi connectivity index (χ4v) is 3.32. The molecular weight excluding hydrogens is 402 g/mol. The lowest BCUT2D eigenvalue weighted by Gasteiger charge is -2.26. The molecule has 0 aliphatic heterocycles. The number of thioether (sulfide) groups is 1. The topological polar surface area (TPSA) is 86.5 Å². The maximum atomic E-state index is 12.9. The van der Waals surface area contributed by atoms with Gasteiger partial charge in [-0.05, 0) is 44.4 Å². The molecule has 3 aromatic rings. The van der Waals surface area contributed by atoms with E-state index in [1.54, 1.807) is 25.4 Å². The van der Waals surface area contributed by atoms with Gasteiger partial charge >= 0.3 is 0 Å². The van der Waals surface area contributed by atoms with Crippen molar-refractivity contribution in [1.82, 2.24) is 15.5 Å². The zero-order valence-corrected chi connectivity index (χ0v) is 18.1. The number of hydrogen-bond donors (Lipinski definition) is 1. The van der Waals surface area contributed by atoms with Crippen LogP contribution in [0.15, 0.2) is 41.1 Å². The van der Waals surface area contributed by atoms with Crippen LogP contribution in [0.3, 0.4) is 0 Å². The third kappa shape index (κ3) is 4.93. The van der Waals surface area contributed by atoms with Gasteiger partial charge in [-0.1, -0.05) is 11.1 Å². The summed E-state index contributed by atoms with van der Waals surface area (Å²) in [5.41, 5.74) is 0.572. The van der Waals surface area contributed by atoms with E-state index in [0.29, 0.717) is 29.4 Å². The molecule has 0 saturated heterocycles. The average Bonchev–Trinajstić information content (AvgIpc) is 3.21. The summed E-state index contributed by atoms with van der Waals surface area (Å²) >= 11 is 1.29. The van der Waals surface area contributed by atoms with Crippen LogP contribution in [0.5, 0.6) is 5.75 Å². The minimum Gasteiger partial charge on any atom is -0.470 e. The minimum atomic E-state index is -0.754. The summed E-state index contributed by atoms with van der Waals surface area (Å²) in [6, 6.07) is 9.05. The normalized spacial score (nSPS) is 12.4. The summed E-state index contributed by atoms with van der Waals surface area (Å²) < 4.78 is 16.2. The molecule has 0 aliphatic rings. The van der Waals surface area contributed by atoms with Crippen molar-refractivity contribution in [3.8, 4) is 18.1 Å². The van der Waals surface area contributed by atoms with Crippen molar-refractivity contribution in [2.24, 2.45) is 0 Å². The van der Waals surface area contributed by atoms with E-state index >= 15 is 0 Å². The Hall–Kier alpha value is -3.02. The highest BCUT2D eigenvalue weighted by molar-refractivity contribution is 7.99. The number of benzene rings is 1. The van der Waals surface area contributed by atoms with Crippen molar-refractivity contribution >= 4 is 28.6 Å². The monoisotopic (exact) mass is 425 g/mol. The molecular formula is C22H23N3O4S. The second-order valence-corrected chi connectivity index (χ2v) is 8.03. The number of amides is 1.